The van der Waals surface area contributed by atoms with Gasteiger partial charge in [-0.1, -0.05) is 12.1 Å². The number of guanidine groups is 1. The standard InChI is InChI=1S/C15H21F3N4O3.HI/c16-15(17,18)25-13-4-2-1-3-12(13)21-14(19)20-9-11(23)10-22-5-7-24-8-6-22;/h1-4,11,23H,5-10H2,(H3,19,20,21);1H. The fraction of sp³-hybridized carbons (Fsp3) is 0.533. The molecule has 0 bridgehead atoms. The van der Waals surface area contributed by atoms with Crippen LogP contribution in [0.1, 0.15) is 0 Å². The van der Waals surface area contributed by atoms with E-state index < -0.39 is 18.2 Å². The number of benzene rings is 1. The summed E-state index contributed by atoms with van der Waals surface area (Å²) < 4.78 is 46.3. The topological polar surface area (TPSA) is 92.3 Å². The van der Waals surface area contributed by atoms with Crippen molar-refractivity contribution in [2.75, 3.05) is 44.7 Å². The smallest absolute Gasteiger partial charge is 0.404 e. The highest BCUT2D eigenvalue weighted by Crippen LogP contribution is 2.29. The van der Waals surface area contributed by atoms with Gasteiger partial charge in [0.15, 0.2) is 11.7 Å². The molecule has 1 aliphatic heterocycles. The molecule has 1 aromatic carbocycles. The molecular formula is C15H22F3IN4O3. The Morgan fingerprint density at radius 3 is 2.65 bits per heavy atom. The zero-order valence-corrected chi connectivity index (χ0v) is 16.2. The van der Waals surface area contributed by atoms with E-state index in [0.29, 0.717) is 19.8 Å². The van der Waals surface area contributed by atoms with Crippen molar-refractivity contribution >= 4 is 35.6 Å². The molecule has 1 fully saturated rings. The van der Waals surface area contributed by atoms with Gasteiger partial charge in [0.25, 0.3) is 0 Å². The van der Waals surface area contributed by atoms with Crippen molar-refractivity contribution in [3.8, 4) is 5.75 Å². The van der Waals surface area contributed by atoms with Crippen LogP contribution in [0.25, 0.3) is 0 Å². The van der Waals surface area contributed by atoms with Crippen molar-refractivity contribution < 1.29 is 27.8 Å². The third kappa shape index (κ3) is 8.38. The highest BCUT2D eigenvalue weighted by molar-refractivity contribution is 14.0. The lowest BCUT2D eigenvalue weighted by Crippen LogP contribution is -2.42. The van der Waals surface area contributed by atoms with Crippen LogP contribution in [0, 0.1) is 0 Å². The number of aliphatic hydroxyl groups is 1. The Labute approximate surface area is 166 Å². The van der Waals surface area contributed by atoms with Gasteiger partial charge in [0, 0.05) is 19.6 Å². The maximum Gasteiger partial charge on any atom is 0.573 e. The normalized spacial score (nSPS) is 17.3. The second kappa shape index (κ2) is 10.7. The Balaban J connectivity index is 0.00000338. The number of nitrogens with two attached hydrogens (primary N) is 1. The van der Waals surface area contributed by atoms with E-state index in [4.69, 9.17) is 10.5 Å². The molecule has 1 aromatic rings. The number of para-hydroxylation sites is 2. The van der Waals surface area contributed by atoms with Gasteiger partial charge < -0.3 is 25.6 Å². The first-order chi connectivity index (χ1) is 11.8. The van der Waals surface area contributed by atoms with Crippen LogP contribution in [0.2, 0.25) is 0 Å². The lowest BCUT2D eigenvalue weighted by atomic mass is 10.3. The van der Waals surface area contributed by atoms with Gasteiger partial charge in [-0.05, 0) is 12.1 Å². The number of nitrogens with one attached hydrogen (secondary N) is 1. The molecule has 26 heavy (non-hydrogen) atoms. The van der Waals surface area contributed by atoms with Crippen LogP contribution in [0.15, 0.2) is 29.3 Å². The molecule has 0 spiro atoms. The largest absolute Gasteiger partial charge is 0.573 e. The number of ether oxygens (including phenoxy) is 2. The van der Waals surface area contributed by atoms with E-state index in [0.717, 1.165) is 19.2 Å². The van der Waals surface area contributed by atoms with Crippen LogP contribution in [0.3, 0.4) is 0 Å². The molecule has 1 heterocycles. The van der Waals surface area contributed by atoms with E-state index in [2.05, 4.69) is 15.0 Å². The van der Waals surface area contributed by atoms with Crippen LogP contribution >= 0.6 is 24.0 Å². The lowest BCUT2D eigenvalue weighted by Gasteiger charge is -2.28. The first-order valence-electron chi connectivity index (χ1n) is 7.73. The summed E-state index contributed by atoms with van der Waals surface area (Å²) in [6.07, 6.45) is -5.54. The minimum Gasteiger partial charge on any atom is -0.404 e. The van der Waals surface area contributed by atoms with E-state index >= 15 is 0 Å². The third-order valence-electron chi connectivity index (χ3n) is 3.42. The number of nitrogens with zero attached hydrogens (tertiary/aromatic N) is 2. The molecule has 148 valence electrons. The van der Waals surface area contributed by atoms with Crippen LogP contribution in [-0.4, -0.2) is 67.8 Å². The van der Waals surface area contributed by atoms with Crippen LogP contribution in [0.5, 0.6) is 5.75 Å². The SMILES string of the molecule is I.NC(=NCC(O)CN1CCOCC1)Nc1ccccc1OC(F)(F)F. The van der Waals surface area contributed by atoms with Gasteiger partial charge >= 0.3 is 6.36 Å². The van der Waals surface area contributed by atoms with Crippen molar-refractivity contribution in [1.29, 1.82) is 0 Å². The molecule has 0 aliphatic carbocycles. The molecule has 0 aromatic heterocycles. The molecule has 0 amide bonds. The van der Waals surface area contributed by atoms with Gasteiger partial charge in [0.1, 0.15) is 0 Å². The second-order valence-corrected chi connectivity index (χ2v) is 5.46. The predicted molar refractivity (Wildman–Crippen MR) is 102 cm³/mol. The summed E-state index contributed by atoms with van der Waals surface area (Å²) in [4.78, 5) is 6.00. The Morgan fingerprint density at radius 1 is 1.35 bits per heavy atom. The zero-order chi connectivity index (χ0) is 18.3. The number of anilines is 1. The average Bonchev–Trinajstić information content (AvgIpc) is 2.54. The van der Waals surface area contributed by atoms with Crippen LogP contribution < -0.4 is 15.8 Å². The maximum atomic E-state index is 12.4. The number of aliphatic hydroxyl groups excluding tert-OH is 1. The van der Waals surface area contributed by atoms with Gasteiger partial charge in [0.05, 0.1) is 31.5 Å². The third-order valence-corrected chi connectivity index (χ3v) is 3.42. The molecule has 1 saturated heterocycles. The summed E-state index contributed by atoms with van der Waals surface area (Å²) in [6, 6.07) is 5.49. The summed E-state index contributed by atoms with van der Waals surface area (Å²) in [7, 11) is 0. The van der Waals surface area contributed by atoms with E-state index in [1.807, 2.05) is 4.90 Å². The molecule has 0 radical (unpaired) electrons. The average molecular weight is 490 g/mol. The summed E-state index contributed by atoms with van der Waals surface area (Å²) in [5.41, 5.74) is 5.71. The Kier molecular flexibility index (Phi) is 9.39. The minimum atomic E-state index is -4.81. The number of alkyl halides is 3. The molecule has 2 rings (SSSR count). The number of rotatable bonds is 6. The molecule has 4 N–H and O–H groups in total. The monoisotopic (exact) mass is 490 g/mol. The van der Waals surface area contributed by atoms with Crippen molar-refractivity contribution in [3.63, 3.8) is 0 Å². The van der Waals surface area contributed by atoms with Crippen LogP contribution in [0.4, 0.5) is 18.9 Å². The minimum absolute atomic E-state index is 0. The van der Waals surface area contributed by atoms with Crippen molar-refractivity contribution in [2.45, 2.75) is 12.5 Å². The molecular weight excluding hydrogens is 468 g/mol. The molecule has 1 unspecified atom stereocenters. The fourth-order valence-electron chi connectivity index (χ4n) is 2.30. The number of β-amino-alcohol motifs (C(OH)–C–C–N with tert-alkyl or cyclic N) is 1. The van der Waals surface area contributed by atoms with E-state index in [1.54, 1.807) is 0 Å². The van der Waals surface area contributed by atoms with Gasteiger partial charge in [-0.25, -0.2) is 0 Å². The Hall–Kier alpha value is -1.31. The Morgan fingerprint density at radius 2 is 2.00 bits per heavy atom. The van der Waals surface area contributed by atoms with Crippen molar-refractivity contribution in [3.05, 3.63) is 24.3 Å². The molecule has 11 heteroatoms. The Bertz CT molecular complexity index is 584. The quantitative estimate of drug-likeness (QED) is 0.319. The summed E-state index contributed by atoms with van der Waals surface area (Å²) >= 11 is 0. The number of hydrogen-bond acceptors (Lipinski definition) is 5. The zero-order valence-electron chi connectivity index (χ0n) is 13.9. The first kappa shape index (κ1) is 22.7. The molecule has 7 nitrogen and oxygen atoms in total. The number of aliphatic imine (C=N–C) groups is 1. The van der Waals surface area contributed by atoms with Crippen LogP contribution in [-0.2, 0) is 4.74 Å². The summed E-state index contributed by atoms with van der Waals surface area (Å²) in [5.74, 6) is -0.527. The number of morpholine rings is 1. The van der Waals surface area contributed by atoms with Crippen molar-refractivity contribution in [1.82, 2.24) is 4.90 Å². The highest BCUT2D eigenvalue weighted by Gasteiger charge is 2.32. The summed E-state index contributed by atoms with van der Waals surface area (Å²) in [5, 5.41) is 12.5. The molecule has 0 saturated carbocycles. The van der Waals surface area contributed by atoms with Gasteiger partial charge in [0.2, 0.25) is 0 Å². The predicted octanol–water partition coefficient (Wildman–Crippen LogP) is 1.62. The second-order valence-electron chi connectivity index (χ2n) is 5.46. The van der Waals surface area contributed by atoms with E-state index in [1.165, 1.54) is 18.2 Å². The van der Waals surface area contributed by atoms with Gasteiger partial charge in [-0.2, -0.15) is 0 Å². The van der Waals surface area contributed by atoms with Gasteiger partial charge in [-0.3, -0.25) is 9.89 Å². The highest BCUT2D eigenvalue weighted by atomic mass is 127. The number of hydrogen-bond donors (Lipinski definition) is 3. The summed E-state index contributed by atoms with van der Waals surface area (Å²) in [6.45, 7) is 3.16. The molecule has 1 atom stereocenters. The molecule has 1 aliphatic rings. The van der Waals surface area contributed by atoms with Crippen molar-refractivity contribution in [2.24, 2.45) is 10.7 Å². The van der Waals surface area contributed by atoms with E-state index in [-0.39, 0.29) is 42.2 Å². The first-order valence-corrected chi connectivity index (χ1v) is 7.73. The van der Waals surface area contributed by atoms with Gasteiger partial charge in [-0.15, -0.1) is 37.1 Å². The lowest BCUT2D eigenvalue weighted by molar-refractivity contribution is -0.274. The number of halogens is 4. The van der Waals surface area contributed by atoms with E-state index in [9.17, 15) is 18.3 Å². The maximum absolute atomic E-state index is 12.4. The fourth-order valence-corrected chi connectivity index (χ4v) is 2.30.